The van der Waals surface area contributed by atoms with E-state index in [0.717, 1.165) is 0 Å². The Labute approximate surface area is 68.9 Å². The molecule has 1 rings (SSSR count). The zero-order valence-electron chi connectivity index (χ0n) is 6.94. The number of halogens is 3. The number of hydrogen-bond acceptors (Lipinski definition) is 1. The van der Waals surface area contributed by atoms with Gasteiger partial charge in [-0.2, -0.15) is 13.2 Å². The van der Waals surface area contributed by atoms with Gasteiger partial charge in [-0.05, 0) is 17.4 Å². The van der Waals surface area contributed by atoms with Crippen molar-refractivity contribution in [3.05, 3.63) is 11.6 Å². The van der Waals surface area contributed by atoms with Gasteiger partial charge in [0.15, 0.2) is 6.10 Å². The van der Waals surface area contributed by atoms with Gasteiger partial charge < -0.3 is 5.11 Å². The zero-order valence-corrected chi connectivity index (χ0v) is 6.94. The summed E-state index contributed by atoms with van der Waals surface area (Å²) in [6.45, 7) is 3.38. The van der Waals surface area contributed by atoms with Crippen LogP contribution in [-0.4, -0.2) is 17.4 Å². The molecule has 1 unspecified atom stereocenters. The molecule has 1 aliphatic rings. The molecule has 0 radical (unpaired) electrons. The number of alkyl halides is 3. The Hall–Kier alpha value is -0.510. The van der Waals surface area contributed by atoms with E-state index in [1.54, 1.807) is 13.8 Å². The average Bonchev–Trinajstić information content (AvgIpc) is 1.83. The predicted octanol–water partition coefficient (Wildman–Crippen LogP) is 2.27. The van der Waals surface area contributed by atoms with Crippen molar-refractivity contribution >= 4 is 0 Å². The lowest BCUT2D eigenvalue weighted by Gasteiger charge is -2.38. The van der Waals surface area contributed by atoms with Crippen LogP contribution in [0.2, 0.25) is 0 Å². The van der Waals surface area contributed by atoms with Crippen molar-refractivity contribution in [3.8, 4) is 0 Å². The number of rotatable bonds is 1. The van der Waals surface area contributed by atoms with E-state index >= 15 is 0 Å². The van der Waals surface area contributed by atoms with Crippen LogP contribution in [0.5, 0.6) is 0 Å². The number of allylic oxidation sites excluding steroid dienone is 1. The first kappa shape index (κ1) is 9.58. The highest BCUT2D eigenvalue weighted by molar-refractivity contribution is 5.28. The maximum absolute atomic E-state index is 12.0. The monoisotopic (exact) mass is 180 g/mol. The molecule has 70 valence electrons. The number of hydrogen-bond donors (Lipinski definition) is 1. The van der Waals surface area contributed by atoms with E-state index in [-0.39, 0.29) is 5.57 Å². The Bertz CT molecular complexity index is 215. The second kappa shape index (κ2) is 2.49. The van der Waals surface area contributed by atoms with Crippen LogP contribution in [0.25, 0.3) is 0 Å². The maximum Gasteiger partial charge on any atom is 0.418 e. The van der Waals surface area contributed by atoms with Gasteiger partial charge in [0, 0.05) is 0 Å². The molecule has 0 bridgehead atoms. The fourth-order valence-electron chi connectivity index (χ4n) is 1.29. The molecule has 1 atom stereocenters. The van der Waals surface area contributed by atoms with E-state index < -0.39 is 17.7 Å². The van der Waals surface area contributed by atoms with Crippen LogP contribution >= 0.6 is 0 Å². The van der Waals surface area contributed by atoms with Gasteiger partial charge in [0.25, 0.3) is 0 Å². The van der Waals surface area contributed by atoms with Crippen LogP contribution in [0.3, 0.4) is 0 Å². The lowest BCUT2D eigenvalue weighted by atomic mass is 9.69. The van der Waals surface area contributed by atoms with Crippen LogP contribution < -0.4 is 0 Å². The minimum absolute atomic E-state index is 0.0926. The number of aliphatic hydroxyl groups is 1. The van der Waals surface area contributed by atoms with Crippen molar-refractivity contribution in [2.24, 2.45) is 5.41 Å². The summed E-state index contributed by atoms with van der Waals surface area (Å²) in [6, 6.07) is 0. The lowest BCUT2D eigenvalue weighted by Crippen LogP contribution is -2.40. The van der Waals surface area contributed by atoms with Crippen LogP contribution in [-0.2, 0) is 0 Å². The summed E-state index contributed by atoms with van der Waals surface area (Å²) < 4.78 is 35.9. The molecule has 0 saturated carbocycles. The van der Waals surface area contributed by atoms with Crippen molar-refractivity contribution in [1.82, 2.24) is 0 Å². The van der Waals surface area contributed by atoms with Gasteiger partial charge >= 0.3 is 6.18 Å². The molecule has 1 aliphatic carbocycles. The van der Waals surface area contributed by atoms with Crippen molar-refractivity contribution in [2.75, 3.05) is 0 Å². The van der Waals surface area contributed by atoms with Gasteiger partial charge in [0.2, 0.25) is 0 Å². The third kappa shape index (κ3) is 1.48. The summed E-state index contributed by atoms with van der Waals surface area (Å²) in [6.07, 6.45) is -4.75. The van der Waals surface area contributed by atoms with Crippen LogP contribution in [0.4, 0.5) is 13.2 Å². The molecular formula is C8H11F3O. The summed E-state index contributed by atoms with van der Waals surface area (Å²) in [4.78, 5) is 0. The minimum Gasteiger partial charge on any atom is -0.379 e. The van der Waals surface area contributed by atoms with E-state index in [0.29, 0.717) is 6.42 Å². The largest absolute Gasteiger partial charge is 0.418 e. The van der Waals surface area contributed by atoms with Crippen LogP contribution in [0.15, 0.2) is 11.6 Å². The summed E-state index contributed by atoms with van der Waals surface area (Å²) in [5, 5.41) is 8.85. The van der Waals surface area contributed by atoms with E-state index in [9.17, 15) is 13.2 Å². The Balaban J connectivity index is 2.74. The summed E-state index contributed by atoms with van der Waals surface area (Å²) >= 11 is 0. The SMILES string of the molecule is CC1(C)CC=C1C(O)C(F)(F)F. The molecule has 4 heteroatoms. The lowest BCUT2D eigenvalue weighted by molar-refractivity contribution is -0.196. The molecule has 0 aromatic heterocycles. The molecule has 1 N–H and O–H groups in total. The smallest absolute Gasteiger partial charge is 0.379 e. The van der Waals surface area contributed by atoms with Crippen LogP contribution in [0, 0.1) is 5.41 Å². The van der Waals surface area contributed by atoms with Gasteiger partial charge in [-0.1, -0.05) is 19.9 Å². The number of aliphatic hydroxyl groups excluding tert-OH is 1. The molecule has 0 amide bonds. The standard InChI is InChI=1S/C8H11F3O/c1-7(2)4-3-5(7)6(12)8(9,10)11/h3,6,12H,4H2,1-2H3. The van der Waals surface area contributed by atoms with Gasteiger partial charge in [-0.25, -0.2) is 0 Å². The third-order valence-electron chi connectivity index (χ3n) is 2.22. The molecule has 0 aromatic rings. The Morgan fingerprint density at radius 2 is 2.00 bits per heavy atom. The molecule has 0 saturated heterocycles. The third-order valence-corrected chi connectivity index (χ3v) is 2.22. The fourth-order valence-corrected chi connectivity index (χ4v) is 1.29. The molecule has 0 fully saturated rings. The first-order valence-electron chi connectivity index (χ1n) is 3.70. The zero-order chi connectivity index (χ0) is 9.57. The highest BCUT2D eigenvalue weighted by Gasteiger charge is 2.47. The quantitative estimate of drug-likeness (QED) is 0.613. The first-order valence-corrected chi connectivity index (χ1v) is 3.70. The minimum atomic E-state index is -4.52. The molecule has 0 spiro atoms. The van der Waals surface area contributed by atoms with E-state index in [4.69, 9.17) is 5.11 Å². The normalized spacial score (nSPS) is 24.3. The fraction of sp³-hybridized carbons (Fsp3) is 0.750. The van der Waals surface area contributed by atoms with Gasteiger partial charge in [0.1, 0.15) is 0 Å². The van der Waals surface area contributed by atoms with E-state index in [2.05, 4.69) is 0 Å². The summed E-state index contributed by atoms with van der Waals surface area (Å²) in [5.74, 6) is 0. The molecule has 1 nitrogen and oxygen atoms in total. The first-order chi connectivity index (χ1) is 5.25. The molecule has 0 aliphatic heterocycles. The molecule has 12 heavy (non-hydrogen) atoms. The van der Waals surface area contributed by atoms with Crippen LogP contribution in [0.1, 0.15) is 20.3 Å². The molecule has 0 aromatic carbocycles. The van der Waals surface area contributed by atoms with Crippen molar-refractivity contribution in [3.63, 3.8) is 0 Å². The topological polar surface area (TPSA) is 20.2 Å². The van der Waals surface area contributed by atoms with Crippen molar-refractivity contribution in [2.45, 2.75) is 32.5 Å². The Morgan fingerprint density at radius 1 is 1.50 bits per heavy atom. The second-order valence-corrected chi connectivity index (χ2v) is 3.69. The van der Waals surface area contributed by atoms with Crippen molar-refractivity contribution in [1.29, 1.82) is 0 Å². The Morgan fingerprint density at radius 3 is 2.08 bits per heavy atom. The maximum atomic E-state index is 12.0. The van der Waals surface area contributed by atoms with Gasteiger partial charge in [-0.15, -0.1) is 0 Å². The highest BCUT2D eigenvalue weighted by atomic mass is 19.4. The van der Waals surface area contributed by atoms with Gasteiger partial charge in [0.05, 0.1) is 0 Å². The predicted molar refractivity (Wildman–Crippen MR) is 38.5 cm³/mol. The summed E-state index contributed by atoms with van der Waals surface area (Å²) in [7, 11) is 0. The highest BCUT2D eigenvalue weighted by Crippen LogP contribution is 2.45. The average molecular weight is 180 g/mol. The van der Waals surface area contributed by atoms with Crippen molar-refractivity contribution < 1.29 is 18.3 Å². The molecule has 0 heterocycles. The Kier molecular flexibility index (Phi) is 1.98. The van der Waals surface area contributed by atoms with Gasteiger partial charge in [-0.3, -0.25) is 0 Å². The summed E-state index contributed by atoms with van der Waals surface area (Å²) in [5.41, 5.74) is -0.399. The van der Waals surface area contributed by atoms with E-state index in [1.807, 2.05) is 0 Å². The van der Waals surface area contributed by atoms with E-state index in [1.165, 1.54) is 6.08 Å². The molecular weight excluding hydrogens is 169 g/mol. The second-order valence-electron chi connectivity index (χ2n) is 3.69.